The van der Waals surface area contributed by atoms with Crippen LogP contribution >= 0.6 is 11.3 Å². The monoisotopic (exact) mass is 298 g/mol. The van der Waals surface area contributed by atoms with Crippen molar-refractivity contribution in [3.05, 3.63) is 22.4 Å². The lowest BCUT2D eigenvalue weighted by Crippen LogP contribution is -2.40. The zero-order valence-corrected chi connectivity index (χ0v) is 12.8. The summed E-state index contributed by atoms with van der Waals surface area (Å²) in [6, 6.07) is 4.04. The van der Waals surface area contributed by atoms with Crippen molar-refractivity contribution in [2.45, 2.75) is 20.3 Å². The molecule has 1 amide bonds. The maximum Gasteiger partial charge on any atom is 0.307 e. The Morgan fingerprint density at radius 1 is 1.50 bits per heavy atom. The van der Waals surface area contributed by atoms with Gasteiger partial charge in [0.15, 0.2) is 0 Å². The molecule has 0 spiro atoms. The molecule has 1 unspecified atom stereocenters. The lowest BCUT2D eigenvalue weighted by molar-refractivity contribution is -0.142. The molecule has 0 aliphatic rings. The number of carboxylic acids is 1. The van der Waals surface area contributed by atoms with Crippen molar-refractivity contribution in [2.75, 3.05) is 26.2 Å². The molecule has 0 bridgehead atoms. The minimum absolute atomic E-state index is 0.0546. The predicted molar refractivity (Wildman–Crippen MR) is 79.9 cm³/mol. The largest absolute Gasteiger partial charge is 0.481 e. The van der Waals surface area contributed by atoms with Gasteiger partial charge < -0.3 is 10.4 Å². The molecule has 2 N–H and O–H groups in total. The Bertz CT molecular complexity index is 420. The highest BCUT2D eigenvalue weighted by Crippen LogP contribution is 2.08. The second-order valence-corrected chi connectivity index (χ2v) is 5.78. The van der Waals surface area contributed by atoms with Gasteiger partial charge in [0, 0.05) is 18.0 Å². The van der Waals surface area contributed by atoms with Crippen LogP contribution in [0, 0.1) is 5.92 Å². The normalized spacial score (nSPS) is 12.3. The van der Waals surface area contributed by atoms with E-state index >= 15 is 0 Å². The molecule has 0 aliphatic carbocycles. The van der Waals surface area contributed by atoms with Crippen molar-refractivity contribution in [3.63, 3.8) is 0 Å². The zero-order chi connectivity index (χ0) is 15.0. The van der Waals surface area contributed by atoms with Crippen molar-refractivity contribution in [2.24, 2.45) is 5.92 Å². The molecular weight excluding hydrogens is 276 g/mol. The minimum atomic E-state index is -0.832. The smallest absolute Gasteiger partial charge is 0.307 e. The van der Waals surface area contributed by atoms with Gasteiger partial charge >= 0.3 is 5.97 Å². The highest BCUT2D eigenvalue weighted by Gasteiger charge is 2.16. The molecule has 20 heavy (non-hydrogen) atoms. The number of likely N-dealkylation sites (N-methyl/N-ethyl adjacent to an activating group) is 1. The SMILES string of the molecule is CCN(CC(=O)NCCc1cccs1)CC(C)C(=O)O. The standard InChI is InChI=1S/C14H22N2O3S/c1-3-16(9-11(2)14(18)19)10-13(17)15-7-6-12-5-4-8-20-12/h4-5,8,11H,3,6-7,9-10H2,1-2H3,(H,15,17)(H,18,19). The summed E-state index contributed by atoms with van der Waals surface area (Å²) >= 11 is 1.68. The molecule has 1 atom stereocenters. The fourth-order valence-electron chi connectivity index (χ4n) is 1.81. The summed E-state index contributed by atoms with van der Waals surface area (Å²) in [5.41, 5.74) is 0. The van der Waals surface area contributed by atoms with E-state index in [0.717, 1.165) is 6.42 Å². The third-order valence-electron chi connectivity index (χ3n) is 3.04. The van der Waals surface area contributed by atoms with Crippen LogP contribution in [0.1, 0.15) is 18.7 Å². The Kier molecular flexibility index (Phi) is 7.25. The number of nitrogens with zero attached hydrogens (tertiary/aromatic N) is 1. The number of rotatable bonds is 9. The molecule has 0 saturated heterocycles. The van der Waals surface area contributed by atoms with Gasteiger partial charge in [-0.25, -0.2) is 0 Å². The number of hydrogen-bond acceptors (Lipinski definition) is 4. The molecule has 0 aliphatic heterocycles. The number of amides is 1. The highest BCUT2D eigenvalue weighted by molar-refractivity contribution is 7.09. The van der Waals surface area contributed by atoms with E-state index in [1.807, 2.05) is 29.3 Å². The quantitative estimate of drug-likeness (QED) is 0.724. The molecule has 1 rings (SSSR count). The summed E-state index contributed by atoms with van der Waals surface area (Å²) in [6.07, 6.45) is 0.834. The van der Waals surface area contributed by atoms with E-state index in [2.05, 4.69) is 5.32 Å². The summed E-state index contributed by atoms with van der Waals surface area (Å²) in [5, 5.41) is 13.8. The molecule has 0 aromatic carbocycles. The Hall–Kier alpha value is -1.40. The molecular formula is C14H22N2O3S. The van der Waals surface area contributed by atoms with Gasteiger partial charge in [0.1, 0.15) is 0 Å². The summed E-state index contributed by atoms with van der Waals surface area (Å²) in [4.78, 5) is 25.7. The van der Waals surface area contributed by atoms with Gasteiger partial charge in [0.05, 0.1) is 12.5 Å². The van der Waals surface area contributed by atoms with E-state index in [1.54, 1.807) is 18.3 Å². The lowest BCUT2D eigenvalue weighted by atomic mass is 10.1. The Morgan fingerprint density at radius 3 is 2.80 bits per heavy atom. The van der Waals surface area contributed by atoms with Crippen molar-refractivity contribution in [3.8, 4) is 0 Å². The fourth-order valence-corrected chi connectivity index (χ4v) is 2.52. The van der Waals surface area contributed by atoms with Gasteiger partial charge in [-0.15, -0.1) is 11.3 Å². The maximum atomic E-state index is 11.8. The highest BCUT2D eigenvalue weighted by atomic mass is 32.1. The van der Waals surface area contributed by atoms with Crippen LogP contribution in [0.3, 0.4) is 0 Å². The van der Waals surface area contributed by atoms with Crippen molar-refractivity contribution in [1.29, 1.82) is 0 Å². The van der Waals surface area contributed by atoms with Crippen molar-refractivity contribution >= 4 is 23.2 Å². The molecule has 0 saturated carbocycles. The van der Waals surface area contributed by atoms with Crippen LogP contribution in [-0.4, -0.2) is 48.1 Å². The summed E-state index contributed by atoms with van der Waals surface area (Å²) in [5.74, 6) is -1.35. The topological polar surface area (TPSA) is 69.6 Å². The number of hydrogen-bond donors (Lipinski definition) is 2. The summed E-state index contributed by atoms with van der Waals surface area (Å²) in [7, 11) is 0. The first-order chi connectivity index (χ1) is 9.52. The second-order valence-electron chi connectivity index (χ2n) is 4.75. The van der Waals surface area contributed by atoms with Crippen LogP contribution in [0.2, 0.25) is 0 Å². The first kappa shape index (κ1) is 16.7. The van der Waals surface area contributed by atoms with Gasteiger partial charge in [-0.3, -0.25) is 14.5 Å². The molecule has 0 radical (unpaired) electrons. The molecule has 5 nitrogen and oxygen atoms in total. The van der Waals surface area contributed by atoms with E-state index in [-0.39, 0.29) is 12.5 Å². The maximum absolute atomic E-state index is 11.8. The first-order valence-corrected chi connectivity index (χ1v) is 7.65. The summed E-state index contributed by atoms with van der Waals surface area (Å²) in [6.45, 7) is 5.50. The Morgan fingerprint density at radius 2 is 2.25 bits per heavy atom. The van der Waals surface area contributed by atoms with Gasteiger partial charge in [0.2, 0.25) is 5.91 Å². The number of carbonyl (C=O) groups excluding carboxylic acids is 1. The van der Waals surface area contributed by atoms with Gasteiger partial charge in [-0.05, 0) is 24.4 Å². The number of aliphatic carboxylic acids is 1. The Labute approximate surface area is 123 Å². The minimum Gasteiger partial charge on any atom is -0.481 e. The molecule has 1 aromatic heterocycles. The van der Waals surface area contributed by atoms with E-state index < -0.39 is 11.9 Å². The summed E-state index contributed by atoms with van der Waals surface area (Å²) < 4.78 is 0. The molecule has 112 valence electrons. The van der Waals surface area contributed by atoms with Crippen LogP contribution < -0.4 is 5.32 Å². The van der Waals surface area contributed by atoms with Gasteiger partial charge in [-0.1, -0.05) is 19.9 Å². The molecule has 6 heteroatoms. The number of nitrogens with one attached hydrogen (secondary N) is 1. The van der Waals surface area contributed by atoms with Crippen LogP contribution in [0.25, 0.3) is 0 Å². The average Bonchev–Trinajstić information content (AvgIpc) is 2.90. The number of carboxylic acid groups (broad SMARTS) is 1. The lowest BCUT2D eigenvalue weighted by Gasteiger charge is -2.21. The van der Waals surface area contributed by atoms with E-state index in [1.165, 1.54) is 4.88 Å². The molecule has 0 fully saturated rings. The molecule has 1 heterocycles. The van der Waals surface area contributed by atoms with Crippen molar-refractivity contribution < 1.29 is 14.7 Å². The van der Waals surface area contributed by atoms with Crippen LogP contribution in [0.15, 0.2) is 17.5 Å². The number of thiophene rings is 1. The average molecular weight is 298 g/mol. The van der Waals surface area contributed by atoms with Crippen LogP contribution in [-0.2, 0) is 16.0 Å². The van der Waals surface area contributed by atoms with E-state index in [9.17, 15) is 9.59 Å². The predicted octanol–water partition coefficient (Wildman–Crippen LogP) is 1.45. The second kappa shape index (κ2) is 8.71. The molecule has 1 aromatic rings. The first-order valence-electron chi connectivity index (χ1n) is 6.77. The Balaban J connectivity index is 2.26. The van der Waals surface area contributed by atoms with Gasteiger partial charge in [-0.2, -0.15) is 0 Å². The van der Waals surface area contributed by atoms with Crippen LogP contribution in [0.5, 0.6) is 0 Å². The van der Waals surface area contributed by atoms with Crippen molar-refractivity contribution in [1.82, 2.24) is 10.2 Å². The van der Waals surface area contributed by atoms with E-state index in [0.29, 0.717) is 19.6 Å². The number of carbonyl (C=O) groups is 2. The zero-order valence-electron chi connectivity index (χ0n) is 12.0. The van der Waals surface area contributed by atoms with Crippen LogP contribution in [0.4, 0.5) is 0 Å². The third kappa shape index (κ3) is 6.16. The van der Waals surface area contributed by atoms with E-state index in [4.69, 9.17) is 5.11 Å². The van der Waals surface area contributed by atoms with Gasteiger partial charge in [0.25, 0.3) is 0 Å². The fraction of sp³-hybridized carbons (Fsp3) is 0.571. The third-order valence-corrected chi connectivity index (χ3v) is 3.98.